The number of carbonyl (C=O) groups excluding carboxylic acids is 1. The Morgan fingerprint density at radius 1 is 1.21 bits per heavy atom. The second-order valence-corrected chi connectivity index (χ2v) is 7.00. The lowest BCUT2D eigenvalue weighted by atomic mass is 10.0. The smallest absolute Gasteiger partial charge is 0.261 e. The van der Waals surface area contributed by atoms with Gasteiger partial charge in [0.05, 0.1) is 5.02 Å². The summed E-state index contributed by atoms with van der Waals surface area (Å²) < 4.78 is 6.92. The van der Waals surface area contributed by atoms with E-state index in [4.69, 9.17) is 27.9 Å². The van der Waals surface area contributed by atoms with Crippen molar-refractivity contribution < 1.29 is 9.53 Å². The van der Waals surface area contributed by atoms with Crippen LogP contribution in [0.4, 0.5) is 0 Å². The van der Waals surface area contributed by atoms with Gasteiger partial charge in [-0.3, -0.25) is 4.79 Å². The highest BCUT2D eigenvalue weighted by Gasteiger charge is 2.45. The fourth-order valence-electron chi connectivity index (χ4n) is 2.41. The molecule has 8 heteroatoms. The first-order chi connectivity index (χ1) is 11.3. The number of rotatable bonds is 2. The SMILES string of the molecule is CC(=O)N1N=C(c2nc(Cl)ccc2Cl)OC1(C)c1ccc(Br)cc1. The third-order valence-electron chi connectivity index (χ3n) is 3.58. The molecule has 1 aliphatic heterocycles. The van der Waals surface area contributed by atoms with E-state index >= 15 is 0 Å². The molecule has 0 saturated heterocycles. The van der Waals surface area contributed by atoms with Crippen molar-refractivity contribution >= 4 is 50.9 Å². The summed E-state index contributed by atoms with van der Waals surface area (Å²) in [5.41, 5.74) is -0.0519. The first-order valence-electron chi connectivity index (χ1n) is 6.98. The Hall–Kier alpha value is -1.63. The quantitative estimate of drug-likeness (QED) is 0.658. The molecule has 24 heavy (non-hydrogen) atoms. The summed E-state index contributed by atoms with van der Waals surface area (Å²) in [7, 11) is 0. The predicted octanol–water partition coefficient (Wildman–Crippen LogP) is 4.56. The molecule has 1 unspecified atom stereocenters. The summed E-state index contributed by atoms with van der Waals surface area (Å²) in [5.74, 6) is -0.128. The Bertz CT molecular complexity index is 842. The van der Waals surface area contributed by atoms with Gasteiger partial charge >= 0.3 is 0 Å². The van der Waals surface area contributed by atoms with Crippen molar-refractivity contribution in [3.05, 3.63) is 62.3 Å². The summed E-state index contributed by atoms with van der Waals surface area (Å²) in [5, 5.41) is 6.13. The molecule has 2 aromatic rings. The number of carbonyl (C=O) groups is 1. The average molecular weight is 429 g/mol. The summed E-state index contributed by atoms with van der Waals surface area (Å²) >= 11 is 15.5. The van der Waals surface area contributed by atoms with E-state index in [1.165, 1.54) is 11.9 Å². The zero-order valence-corrected chi connectivity index (χ0v) is 15.9. The number of halogens is 3. The van der Waals surface area contributed by atoms with Gasteiger partial charge in [-0.1, -0.05) is 51.3 Å². The molecule has 0 radical (unpaired) electrons. The maximum Gasteiger partial charge on any atom is 0.261 e. The van der Waals surface area contributed by atoms with Crippen molar-refractivity contribution in [1.29, 1.82) is 0 Å². The van der Waals surface area contributed by atoms with Crippen LogP contribution in [0.2, 0.25) is 10.2 Å². The van der Waals surface area contributed by atoms with Crippen LogP contribution >= 0.6 is 39.1 Å². The lowest BCUT2D eigenvalue weighted by Gasteiger charge is -2.31. The van der Waals surface area contributed by atoms with E-state index in [1.807, 2.05) is 24.3 Å². The topological polar surface area (TPSA) is 54.8 Å². The molecule has 2 heterocycles. The minimum absolute atomic E-state index is 0.142. The van der Waals surface area contributed by atoms with E-state index in [-0.39, 0.29) is 22.7 Å². The van der Waals surface area contributed by atoms with Gasteiger partial charge in [-0.05, 0) is 24.3 Å². The van der Waals surface area contributed by atoms with Gasteiger partial charge in [0.1, 0.15) is 10.8 Å². The molecule has 0 aliphatic carbocycles. The third kappa shape index (κ3) is 3.01. The van der Waals surface area contributed by atoms with E-state index in [0.29, 0.717) is 5.02 Å². The number of amides is 1. The van der Waals surface area contributed by atoms with Crippen LogP contribution in [0.25, 0.3) is 0 Å². The molecule has 0 bridgehead atoms. The third-order valence-corrected chi connectivity index (χ3v) is 4.63. The Labute approximate surface area is 157 Å². The molecule has 5 nitrogen and oxygen atoms in total. The van der Waals surface area contributed by atoms with Gasteiger partial charge in [-0.2, -0.15) is 5.01 Å². The zero-order chi connectivity index (χ0) is 17.5. The Morgan fingerprint density at radius 2 is 1.88 bits per heavy atom. The first kappa shape index (κ1) is 17.2. The fourth-order valence-corrected chi connectivity index (χ4v) is 3.01. The molecular weight excluding hydrogens is 417 g/mol. The molecule has 1 aromatic carbocycles. The van der Waals surface area contributed by atoms with Gasteiger partial charge in [0, 0.05) is 23.9 Å². The Kier molecular flexibility index (Phi) is 4.55. The van der Waals surface area contributed by atoms with Gasteiger partial charge in [0.2, 0.25) is 11.6 Å². The van der Waals surface area contributed by atoms with Gasteiger partial charge in [0.15, 0.2) is 0 Å². The first-order valence-corrected chi connectivity index (χ1v) is 8.53. The highest BCUT2D eigenvalue weighted by molar-refractivity contribution is 9.10. The van der Waals surface area contributed by atoms with Crippen LogP contribution in [-0.4, -0.2) is 21.8 Å². The van der Waals surface area contributed by atoms with Crippen LogP contribution < -0.4 is 0 Å². The van der Waals surface area contributed by atoms with Crippen molar-refractivity contribution in [3.8, 4) is 0 Å². The van der Waals surface area contributed by atoms with Gasteiger partial charge in [-0.25, -0.2) is 4.98 Å². The Morgan fingerprint density at radius 3 is 2.50 bits per heavy atom. The van der Waals surface area contributed by atoms with E-state index in [1.54, 1.807) is 19.1 Å². The monoisotopic (exact) mass is 427 g/mol. The minimum atomic E-state index is -1.10. The normalized spacial score (nSPS) is 19.9. The summed E-state index contributed by atoms with van der Waals surface area (Å²) in [6.45, 7) is 3.17. The second-order valence-electron chi connectivity index (χ2n) is 5.29. The van der Waals surface area contributed by atoms with Crippen LogP contribution in [0, 0.1) is 0 Å². The largest absolute Gasteiger partial charge is 0.442 e. The number of ether oxygens (including phenoxy) is 1. The molecule has 0 N–H and O–H groups in total. The number of pyridine rings is 1. The summed E-state index contributed by atoms with van der Waals surface area (Å²) in [6.07, 6.45) is 0. The maximum atomic E-state index is 12.1. The highest BCUT2D eigenvalue weighted by Crippen LogP contribution is 2.37. The minimum Gasteiger partial charge on any atom is -0.442 e. The second kappa shape index (κ2) is 6.35. The summed E-state index contributed by atoms with van der Waals surface area (Å²) in [4.78, 5) is 16.2. The Balaban J connectivity index is 2.07. The number of hydrazone groups is 1. The van der Waals surface area contributed by atoms with Crippen molar-refractivity contribution in [1.82, 2.24) is 9.99 Å². The van der Waals surface area contributed by atoms with Crippen LogP contribution in [-0.2, 0) is 15.3 Å². The van der Waals surface area contributed by atoms with Crippen LogP contribution in [0.15, 0.2) is 46.0 Å². The van der Waals surface area contributed by atoms with E-state index in [9.17, 15) is 4.79 Å². The lowest BCUT2D eigenvalue weighted by molar-refractivity contribution is -0.146. The maximum absolute atomic E-state index is 12.1. The number of hydrogen-bond donors (Lipinski definition) is 0. The number of hydrogen-bond acceptors (Lipinski definition) is 4. The van der Waals surface area contributed by atoms with Crippen LogP contribution in [0.1, 0.15) is 25.1 Å². The van der Waals surface area contributed by atoms with Gasteiger partial charge in [-0.15, -0.1) is 5.10 Å². The van der Waals surface area contributed by atoms with Crippen molar-refractivity contribution in [3.63, 3.8) is 0 Å². The zero-order valence-electron chi connectivity index (χ0n) is 12.8. The molecule has 3 rings (SSSR count). The average Bonchev–Trinajstić information content (AvgIpc) is 2.89. The number of aromatic nitrogens is 1. The standard InChI is InChI=1S/C16H12BrCl2N3O2/c1-9(23)22-16(2,10-3-5-11(17)6-4-10)24-15(21-22)14-12(18)7-8-13(19)20-14/h3-8H,1-2H3. The number of benzene rings is 1. The lowest BCUT2D eigenvalue weighted by Crippen LogP contribution is -2.41. The van der Waals surface area contributed by atoms with Gasteiger partial charge in [0.25, 0.3) is 5.90 Å². The molecule has 1 aliphatic rings. The van der Waals surface area contributed by atoms with Crippen LogP contribution in [0.3, 0.4) is 0 Å². The molecule has 0 spiro atoms. The molecule has 124 valence electrons. The van der Waals surface area contributed by atoms with Crippen molar-refractivity contribution in [2.75, 3.05) is 0 Å². The molecular formula is C16H12BrCl2N3O2. The van der Waals surface area contributed by atoms with Gasteiger partial charge < -0.3 is 4.74 Å². The summed E-state index contributed by atoms with van der Waals surface area (Å²) in [6, 6.07) is 10.6. The fraction of sp³-hybridized carbons (Fsp3) is 0.188. The molecule has 1 aromatic heterocycles. The molecule has 1 amide bonds. The molecule has 1 atom stereocenters. The molecule has 0 saturated carbocycles. The van der Waals surface area contributed by atoms with E-state index < -0.39 is 5.72 Å². The van der Waals surface area contributed by atoms with E-state index in [0.717, 1.165) is 10.0 Å². The van der Waals surface area contributed by atoms with E-state index in [2.05, 4.69) is 26.0 Å². The predicted molar refractivity (Wildman–Crippen MR) is 95.9 cm³/mol. The molecule has 0 fully saturated rings. The van der Waals surface area contributed by atoms with Crippen molar-refractivity contribution in [2.24, 2.45) is 5.10 Å². The number of nitrogens with zero attached hydrogens (tertiary/aromatic N) is 3. The highest BCUT2D eigenvalue weighted by atomic mass is 79.9. The van der Waals surface area contributed by atoms with Crippen molar-refractivity contribution in [2.45, 2.75) is 19.6 Å². The van der Waals surface area contributed by atoms with Crippen LogP contribution in [0.5, 0.6) is 0 Å².